The van der Waals surface area contributed by atoms with Crippen LogP contribution in [-0.4, -0.2) is 42.5 Å². The molecule has 1 aliphatic rings. The van der Waals surface area contributed by atoms with Gasteiger partial charge >= 0.3 is 0 Å². The van der Waals surface area contributed by atoms with E-state index in [2.05, 4.69) is 16.5 Å². The van der Waals surface area contributed by atoms with Gasteiger partial charge in [-0.1, -0.05) is 12.7 Å². The minimum atomic E-state index is 0.330. The Morgan fingerprint density at radius 1 is 1.47 bits per heavy atom. The lowest BCUT2D eigenvalue weighted by Crippen LogP contribution is -2.36. The number of aliphatic hydroxyl groups is 1. The van der Waals surface area contributed by atoms with E-state index < -0.39 is 0 Å². The lowest BCUT2D eigenvalue weighted by molar-refractivity contribution is 0.139. The molecule has 0 spiro atoms. The standard InChI is InChI=1S/C14H24N2O/c1-4-13(3)15-9-12(2)10-16-7-5-14(11-17)6-8-16/h4,9,14,17H,2,5-8,10-11H2,1,3H3/b13-4-,15-9?. The highest BCUT2D eigenvalue weighted by atomic mass is 16.3. The maximum absolute atomic E-state index is 9.07. The first-order chi connectivity index (χ1) is 8.15. The number of aliphatic imine (C=N–C) groups is 1. The third kappa shape index (κ3) is 5.29. The summed E-state index contributed by atoms with van der Waals surface area (Å²) in [5.74, 6) is 0.499. The highest BCUT2D eigenvalue weighted by Gasteiger charge is 2.18. The van der Waals surface area contributed by atoms with E-state index in [-0.39, 0.29) is 0 Å². The smallest absolute Gasteiger partial charge is 0.0460 e. The van der Waals surface area contributed by atoms with Gasteiger partial charge in [0.1, 0.15) is 0 Å². The Labute approximate surface area is 105 Å². The third-order valence-corrected chi connectivity index (χ3v) is 3.26. The summed E-state index contributed by atoms with van der Waals surface area (Å²) >= 11 is 0. The minimum Gasteiger partial charge on any atom is -0.396 e. The van der Waals surface area contributed by atoms with Crippen molar-refractivity contribution in [3.05, 3.63) is 23.9 Å². The largest absolute Gasteiger partial charge is 0.396 e. The van der Waals surface area contributed by atoms with E-state index in [1.54, 1.807) is 0 Å². The predicted octanol–water partition coefficient (Wildman–Crippen LogP) is 2.24. The Hall–Kier alpha value is -0.930. The van der Waals surface area contributed by atoms with Crippen LogP contribution in [0.25, 0.3) is 0 Å². The topological polar surface area (TPSA) is 35.8 Å². The number of likely N-dealkylation sites (tertiary alicyclic amines) is 1. The number of nitrogens with zero attached hydrogens (tertiary/aromatic N) is 2. The lowest BCUT2D eigenvalue weighted by Gasteiger charge is -2.30. The summed E-state index contributed by atoms with van der Waals surface area (Å²) in [4.78, 5) is 6.69. The normalized spacial score (nSPS) is 20.1. The summed E-state index contributed by atoms with van der Waals surface area (Å²) in [5, 5.41) is 9.07. The zero-order chi connectivity index (χ0) is 12.7. The van der Waals surface area contributed by atoms with Gasteiger partial charge in [0.05, 0.1) is 0 Å². The van der Waals surface area contributed by atoms with E-state index in [0.29, 0.717) is 12.5 Å². The Morgan fingerprint density at radius 2 is 2.12 bits per heavy atom. The lowest BCUT2D eigenvalue weighted by atomic mass is 9.98. The Bertz CT molecular complexity index is 299. The number of hydrogen-bond donors (Lipinski definition) is 1. The number of aliphatic hydroxyl groups excluding tert-OH is 1. The van der Waals surface area contributed by atoms with Crippen LogP contribution in [0.15, 0.2) is 28.9 Å². The van der Waals surface area contributed by atoms with Crippen molar-refractivity contribution in [1.29, 1.82) is 0 Å². The Kier molecular flexibility index (Phi) is 6.16. The molecule has 1 N–H and O–H groups in total. The number of piperidine rings is 1. The van der Waals surface area contributed by atoms with E-state index >= 15 is 0 Å². The molecule has 3 nitrogen and oxygen atoms in total. The van der Waals surface area contributed by atoms with Gasteiger partial charge in [0, 0.05) is 25.1 Å². The first-order valence-electron chi connectivity index (χ1n) is 6.33. The summed E-state index contributed by atoms with van der Waals surface area (Å²) in [6.45, 7) is 11.3. The SMILES string of the molecule is C=C(C=N/C(C)=C\C)CN1CCC(CO)CC1. The molecular weight excluding hydrogens is 212 g/mol. The molecule has 0 aliphatic carbocycles. The van der Waals surface area contributed by atoms with Gasteiger partial charge in [-0.25, -0.2) is 0 Å². The van der Waals surface area contributed by atoms with E-state index in [4.69, 9.17) is 5.11 Å². The molecule has 0 unspecified atom stereocenters. The molecule has 0 bridgehead atoms. The Morgan fingerprint density at radius 3 is 2.65 bits per heavy atom. The molecule has 0 saturated carbocycles. The van der Waals surface area contributed by atoms with Crippen molar-refractivity contribution in [2.24, 2.45) is 10.9 Å². The fourth-order valence-electron chi connectivity index (χ4n) is 1.92. The van der Waals surface area contributed by atoms with Crippen molar-refractivity contribution < 1.29 is 5.11 Å². The molecule has 1 aliphatic heterocycles. The van der Waals surface area contributed by atoms with Crippen molar-refractivity contribution in [3.63, 3.8) is 0 Å². The van der Waals surface area contributed by atoms with Crippen LogP contribution in [-0.2, 0) is 0 Å². The van der Waals surface area contributed by atoms with Crippen LogP contribution in [0.4, 0.5) is 0 Å². The molecule has 0 aromatic rings. The monoisotopic (exact) mass is 236 g/mol. The van der Waals surface area contributed by atoms with Gasteiger partial charge in [-0.3, -0.25) is 9.89 Å². The molecule has 1 fully saturated rings. The number of hydrogen-bond acceptors (Lipinski definition) is 3. The van der Waals surface area contributed by atoms with Crippen LogP contribution in [0.3, 0.4) is 0 Å². The number of rotatable bonds is 5. The van der Waals surface area contributed by atoms with Crippen molar-refractivity contribution in [2.45, 2.75) is 26.7 Å². The summed E-state index contributed by atoms with van der Waals surface area (Å²) in [6, 6.07) is 0. The van der Waals surface area contributed by atoms with Gasteiger partial charge < -0.3 is 5.11 Å². The molecular formula is C14H24N2O. The van der Waals surface area contributed by atoms with Gasteiger partial charge in [-0.2, -0.15) is 0 Å². The fourth-order valence-corrected chi connectivity index (χ4v) is 1.92. The predicted molar refractivity (Wildman–Crippen MR) is 73.3 cm³/mol. The average molecular weight is 236 g/mol. The first kappa shape index (κ1) is 14.1. The maximum Gasteiger partial charge on any atom is 0.0460 e. The van der Waals surface area contributed by atoms with Crippen LogP contribution >= 0.6 is 0 Å². The van der Waals surface area contributed by atoms with Gasteiger partial charge in [-0.05, 0) is 51.3 Å². The summed E-state index contributed by atoms with van der Waals surface area (Å²) in [6.07, 6.45) is 6.02. The highest BCUT2D eigenvalue weighted by molar-refractivity contribution is 5.78. The Balaban J connectivity index is 2.30. The van der Waals surface area contributed by atoms with Gasteiger partial charge in [0.25, 0.3) is 0 Å². The molecule has 1 heterocycles. The molecule has 17 heavy (non-hydrogen) atoms. The van der Waals surface area contributed by atoms with E-state index in [0.717, 1.165) is 43.7 Å². The zero-order valence-electron chi connectivity index (χ0n) is 11.0. The third-order valence-electron chi connectivity index (χ3n) is 3.26. The molecule has 0 amide bonds. The molecule has 96 valence electrons. The molecule has 0 aromatic carbocycles. The van der Waals surface area contributed by atoms with Crippen LogP contribution in [0.2, 0.25) is 0 Å². The van der Waals surface area contributed by atoms with Gasteiger partial charge in [0.2, 0.25) is 0 Å². The van der Waals surface area contributed by atoms with Crippen LogP contribution in [0.5, 0.6) is 0 Å². The second-order valence-electron chi connectivity index (χ2n) is 4.75. The van der Waals surface area contributed by atoms with Crippen LogP contribution in [0.1, 0.15) is 26.7 Å². The molecule has 0 radical (unpaired) electrons. The molecule has 0 atom stereocenters. The molecule has 1 rings (SSSR count). The van der Waals surface area contributed by atoms with Gasteiger partial charge in [-0.15, -0.1) is 0 Å². The fraction of sp³-hybridized carbons (Fsp3) is 0.643. The van der Waals surface area contributed by atoms with E-state index in [1.807, 2.05) is 26.1 Å². The van der Waals surface area contributed by atoms with Gasteiger partial charge in [0.15, 0.2) is 0 Å². The van der Waals surface area contributed by atoms with Crippen molar-refractivity contribution in [1.82, 2.24) is 4.90 Å². The zero-order valence-corrected chi connectivity index (χ0v) is 11.0. The average Bonchev–Trinajstić information content (AvgIpc) is 2.36. The maximum atomic E-state index is 9.07. The van der Waals surface area contributed by atoms with Crippen molar-refractivity contribution >= 4 is 6.21 Å². The minimum absolute atomic E-state index is 0.330. The molecule has 1 saturated heterocycles. The first-order valence-corrected chi connectivity index (χ1v) is 6.33. The second kappa shape index (κ2) is 7.41. The van der Waals surface area contributed by atoms with Crippen LogP contribution in [0, 0.1) is 5.92 Å². The van der Waals surface area contributed by atoms with E-state index in [9.17, 15) is 0 Å². The van der Waals surface area contributed by atoms with E-state index in [1.165, 1.54) is 0 Å². The quantitative estimate of drug-likeness (QED) is 0.743. The summed E-state index contributed by atoms with van der Waals surface area (Å²) in [5.41, 5.74) is 2.07. The highest BCUT2D eigenvalue weighted by Crippen LogP contribution is 2.16. The van der Waals surface area contributed by atoms with Crippen molar-refractivity contribution in [3.8, 4) is 0 Å². The summed E-state index contributed by atoms with van der Waals surface area (Å²) < 4.78 is 0. The molecule has 0 aromatic heterocycles. The number of allylic oxidation sites excluding steroid dienone is 2. The summed E-state index contributed by atoms with van der Waals surface area (Å²) in [7, 11) is 0. The van der Waals surface area contributed by atoms with Crippen molar-refractivity contribution in [2.75, 3.05) is 26.2 Å². The van der Waals surface area contributed by atoms with Crippen LogP contribution < -0.4 is 0 Å². The molecule has 3 heteroatoms. The second-order valence-corrected chi connectivity index (χ2v) is 4.75.